The number of rotatable bonds is 2. The van der Waals surface area contributed by atoms with Crippen molar-refractivity contribution in [3.05, 3.63) is 140 Å². The van der Waals surface area contributed by atoms with Crippen molar-refractivity contribution >= 4 is 34.1 Å². The summed E-state index contributed by atoms with van der Waals surface area (Å²) in [5.74, 6) is 0.0989. The molecule has 5 aromatic rings. The number of nitrogens with zero attached hydrogens (tertiary/aromatic N) is 2. The van der Waals surface area contributed by atoms with E-state index in [1.807, 2.05) is 0 Å². The average molecular weight is 795 g/mol. The summed E-state index contributed by atoms with van der Waals surface area (Å²) in [7, 11) is 0. The van der Waals surface area contributed by atoms with Gasteiger partial charge in [-0.3, -0.25) is 0 Å². The van der Waals surface area contributed by atoms with E-state index in [0.29, 0.717) is 0 Å². The Morgan fingerprint density at radius 3 is 1.47 bits per heavy atom. The molecule has 2 heterocycles. The van der Waals surface area contributed by atoms with Gasteiger partial charge in [-0.25, -0.2) is 0 Å². The van der Waals surface area contributed by atoms with E-state index in [-0.39, 0.29) is 43.8 Å². The van der Waals surface area contributed by atoms with Crippen LogP contribution in [0.2, 0.25) is 0 Å². The zero-order valence-corrected chi connectivity index (χ0v) is 40.0. The smallest absolute Gasteiger partial charge is 0.0527 e. The van der Waals surface area contributed by atoms with Gasteiger partial charge in [0.15, 0.2) is 0 Å². The highest BCUT2D eigenvalue weighted by atomic mass is 15.2. The minimum atomic E-state index is 0.00777. The maximum atomic E-state index is 2.72. The van der Waals surface area contributed by atoms with Crippen LogP contribution in [0.4, 0.5) is 34.1 Å². The number of hydrogen-bond acceptors (Lipinski definition) is 2. The van der Waals surface area contributed by atoms with E-state index < -0.39 is 0 Å². The normalized spacial score (nSPS) is 22.4. The molecular weight excluding hydrogens is 725 g/mol. The summed E-state index contributed by atoms with van der Waals surface area (Å²) < 4.78 is 0. The zero-order chi connectivity index (χ0) is 43.2. The van der Waals surface area contributed by atoms with Crippen LogP contribution in [0.25, 0.3) is 0 Å². The second-order valence-corrected chi connectivity index (χ2v) is 25.0. The SMILES string of the molecule is Cc1cc2c3c(c1)N(c1cc4c(cc1C)C(C)(C)CC4(C)C)c1cc4c(cc1C3c1ccc(C(C)(C)C)cc1N2c1ccc2c(c1)C(C)(C)CC2(C)C)C(C)(C)CC4(C)C. The standard InChI is InChI=1S/C58H70N2/c1-33-22-48-51-49(23-33)60(45-28-43-40(24-34(45)2)54(8,9)31-57(43,14)15)47-29-44-42(56(12,13)32-58(44,16)17)27-38(47)50(51)37-20-18-35(52(3,4)5)25-46(37)59(48)36-19-21-39-41(26-36)55(10,11)30-53(39,6)7/h18-29,50H,30-32H2,1-17H3. The van der Waals surface area contributed by atoms with E-state index in [2.05, 4.69) is 200 Å². The molecule has 1 unspecified atom stereocenters. The molecule has 1 atom stereocenters. The highest BCUT2D eigenvalue weighted by Gasteiger charge is 2.49. The van der Waals surface area contributed by atoms with Crippen LogP contribution in [-0.2, 0) is 37.9 Å². The van der Waals surface area contributed by atoms with Gasteiger partial charge in [-0.15, -0.1) is 0 Å². The number of anilines is 6. The molecule has 5 aliphatic rings. The van der Waals surface area contributed by atoms with Gasteiger partial charge in [0.2, 0.25) is 0 Å². The monoisotopic (exact) mass is 795 g/mol. The molecule has 0 aromatic heterocycles. The van der Waals surface area contributed by atoms with Gasteiger partial charge >= 0.3 is 0 Å². The molecule has 312 valence electrons. The molecule has 0 spiro atoms. The van der Waals surface area contributed by atoms with Gasteiger partial charge in [0.1, 0.15) is 0 Å². The molecule has 0 saturated heterocycles. The summed E-state index contributed by atoms with van der Waals surface area (Å²) in [6.45, 7) is 41.3. The average Bonchev–Trinajstić information content (AvgIpc) is 3.52. The fraction of sp³-hybridized carbons (Fsp3) is 0.483. The lowest BCUT2D eigenvalue weighted by atomic mass is 9.72. The molecule has 0 fully saturated rings. The molecule has 10 rings (SSSR count). The lowest BCUT2D eigenvalue weighted by Crippen LogP contribution is -2.31. The topological polar surface area (TPSA) is 6.48 Å². The quantitative estimate of drug-likeness (QED) is 0.172. The summed E-state index contributed by atoms with van der Waals surface area (Å²) in [5, 5.41) is 0. The van der Waals surface area contributed by atoms with Crippen LogP contribution >= 0.6 is 0 Å². The van der Waals surface area contributed by atoms with Crippen LogP contribution in [0, 0.1) is 13.8 Å². The van der Waals surface area contributed by atoms with Crippen LogP contribution < -0.4 is 9.80 Å². The summed E-state index contributed by atoms with van der Waals surface area (Å²) in [5.41, 5.74) is 25.9. The third-order valence-corrected chi connectivity index (χ3v) is 16.1. The van der Waals surface area contributed by atoms with Crippen molar-refractivity contribution in [1.82, 2.24) is 0 Å². The molecule has 0 radical (unpaired) electrons. The Morgan fingerprint density at radius 2 is 0.900 bits per heavy atom. The largest absolute Gasteiger partial charge is 0.310 e. The Kier molecular flexibility index (Phi) is 7.82. The Balaban J connectivity index is 1.32. The highest BCUT2D eigenvalue weighted by molar-refractivity contribution is 5.98. The summed E-state index contributed by atoms with van der Waals surface area (Å²) >= 11 is 0. The van der Waals surface area contributed by atoms with Gasteiger partial charge in [-0.2, -0.15) is 0 Å². The van der Waals surface area contributed by atoms with E-state index in [0.717, 1.165) is 19.3 Å². The molecular formula is C58H70N2. The van der Waals surface area contributed by atoms with Gasteiger partial charge in [0, 0.05) is 22.9 Å². The Morgan fingerprint density at radius 1 is 0.433 bits per heavy atom. The van der Waals surface area contributed by atoms with E-state index >= 15 is 0 Å². The molecule has 2 aliphatic heterocycles. The highest BCUT2D eigenvalue weighted by Crippen LogP contribution is 2.64. The van der Waals surface area contributed by atoms with Crippen molar-refractivity contribution < 1.29 is 0 Å². The lowest BCUT2D eigenvalue weighted by Gasteiger charge is -2.46. The first-order chi connectivity index (χ1) is 27.6. The first-order valence-electron chi connectivity index (χ1n) is 23.0. The van der Waals surface area contributed by atoms with Crippen molar-refractivity contribution in [3.63, 3.8) is 0 Å². The van der Waals surface area contributed by atoms with E-state index in [9.17, 15) is 0 Å². The zero-order valence-electron chi connectivity index (χ0n) is 40.0. The first kappa shape index (κ1) is 39.8. The molecule has 0 bridgehead atoms. The second kappa shape index (κ2) is 11.8. The van der Waals surface area contributed by atoms with Crippen molar-refractivity contribution in [3.8, 4) is 0 Å². The van der Waals surface area contributed by atoms with Crippen LogP contribution in [0.3, 0.4) is 0 Å². The maximum absolute atomic E-state index is 2.72. The first-order valence-corrected chi connectivity index (χ1v) is 23.0. The molecule has 2 heteroatoms. The van der Waals surface area contributed by atoms with Crippen LogP contribution in [0.15, 0.2) is 72.8 Å². The van der Waals surface area contributed by atoms with Crippen LogP contribution in [0.1, 0.15) is 196 Å². The van der Waals surface area contributed by atoms with Crippen LogP contribution in [-0.4, -0.2) is 0 Å². The van der Waals surface area contributed by atoms with Crippen LogP contribution in [0.5, 0.6) is 0 Å². The fourth-order valence-corrected chi connectivity index (χ4v) is 14.1. The van der Waals surface area contributed by atoms with E-state index in [4.69, 9.17) is 0 Å². The number of fused-ring (bicyclic) bond motifs is 7. The van der Waals surface area contributed by atoms with Gasteiger partial charge in [0.05, 0.1) is 22.7 Å². The maximum Gasteiger partial charge on any atom is 0.0527 e. The van der Waals surface area contributed by atoms with Gasteiger partial charge in [0.25, 0.3) is 0 Å². The van der Waals surface area contributed by atoms with Crippen molar-refractivity contribution in [2.24, 2.45) is 0 Å². The summed E-state index contributed by atoms with van der Waals surface area (Å²) in [4.78, 5) is 5.39. The molecule has 60 heavy (non-hydrogen) atoms. The Hall–Kier alpha value is -4.30. The number of aryl methyl sites for hydroxylation is 2. The molecule has 3 aliphatic carbocycles. The molecule has 0 amide bonds. The fourth-order valence-electron chi connectivity index (χ4n) is 14.1. The van der Waals surface area contributed by atoms with Gasteiger partial charge in [-0.05, 0) is 175 Å². The van der Waals surface area contributed by atoms with Crippen molar-refractivity contribution in [1.29, 1.82) is 0 Å². The second-order valence-electron chi connectivity index (χ2n) is 25.0. The Bertz CT molecular complexity index is 2700. The molecule has 0 saturated carbocycles. The van der Waals surface area contributed by atoms with Crippen molar-refractivity contribution in [2.45, 2.75) is 181 Å². The third kappa shape index (κ3) is 5.43. The van der Waals surface area contributed by atoms with E-state index in [1.54, 1.807) is 0 Å². The minimum absolute atomic E-state index is 0.00777. The summed E-state index contributed by atoms with van der Waals surface area (Å²) in [6, 6.07) is 30.5. The number of hydrogen-bond donors (Lipinski definition) is 0. The molecule has 0 N–H and O–H groups in total. The minimum Gasteiger partial charge on any atom is -0.310 e. The number of benzene rings is 5. The Labute approximate surface area is 362 Å². The summed E-state index contributed by atoms with van der Waals surface area (Å²) in [6.07, 6.45) is 3.46. The van der Waals surface area contributed by atoms with E-state index in [1.165, 1.54) is 101 Å². The van der Waals surface area contributed by atoms with Crippen molar-refractivity contribution in [2.75, 3.05) is 9.80 Å². The predicted octanol–water partition coefficient (Wildman–Crippen LogP) is 16.2. The van der Waals surface area contributed by atoms with Gasteiger partial charge < -0.3 is 9.80 Å². The third-order valence-electron chi connectivity index (χ3n) is 16.1. The van der Waals surface area contributed by atoms with Gasteiger partial charge in [-0.1, -0.05) is 134 Å². The predicted molar refractivity (Wildman–Crippen MR) is 257 cm³/mol. The lowest BCUT2D eigenvalue weighted by molar-refractivity contribution is 0.402. The molecule has 2 nitrogen and oxygen atoms in total. The molecule has 5 aromatic carbocycles.